The van der Waals surface area contributed by atoms with Crippen LogP contribution in [0.2, 0.25) is 5.02 Å². The molecule has 2 aliphatic carbocycles. The molecular formula is C30H39ClN4O4. The van der Waals surface area contributed by atoms with Crippen molar-refractivity contribution in [2.75, 3.05) is 11.4 Å². The highest BCUT2D eigenvalue weighted by atomic mass is 35.5. The van der Waals surface area contributed by atoms with Crippen molar-refractivity contribution in [1.29, 1.82) is 0 Å². The van der Waals surface area contributed by atoms with E-state index in [9.17, 15) is 14.4 Å². The zero-order chi connectivity index (χ0) is 28.2. The predicted molar refractivity (Wildman–Crippen MR) is 151 cm³/mol. The average molecular weight is 555 g/mol. The number of halogens is 1. The Bertz CT molecular complexity index is 1150. The Kier molecular flexibility index (Phi) is 8.96. The molecule has 1 aromatic heterocycles. The third kappa shape index (κ3) is 7.57. The largest absolute Gasteiger partial charge is 0.443 e. The smallest absolute Gasteiger partial charge is 0.421 e. The van der Waals surface area contributed by atoms with E-state index in [2.05, 4.69) is 10.3 Å². The Hall–Kier alpha value is -2.97. The molecule has 8 nitrogen and oxygen atoms in total. The monoisotopic (exact) mass is 554 g/mol. The molecule has 0 spiro atoms. The van der Waals surface area contributed by atoms with Gasteiger partial charge in [0.1, 0.15) is 5.60 Å². The topological polar surface area (TPSA) is 115 Å². The van der Waals surface area contributed by atoms with E-state index in [0.717, 1.165) is 30.6 Å². The number of imide groups is 1. The lowest BCUT2D eigenvalue weighted by Crippen LogP contribution is -2.46. The van der Waals surface area contributed by atoms with Crippen LogP contribution in [0.5, 0.6) is 0 Å². The molecule has 39 heavy (non-hydrogen) atoms. The summed E-state index contributed by atoms with van der Waals surface area (Å²) in [7, 11) is 0. The van der Waals surface area contributed by atoms with Crippen LogP contribution in [0.15, 0.2) is 48.8 Å². The quantitative estimate of drug-likeness (QED) is 0.453. The maximum atomic E-state index is 13.5. The lowest BCUT2D eigenvalue weighted by Gasteiger charge is -2.34. The number of anilines is 1. The molecule has 0 bridgehead atoms. The number of amides is 3. The first-order chi connectivity index (χ1) is 18.5. The molecule has 4 rings (SSSR count). The minimum Gasteiger partial charge on any atom is -0.443 e. The number of hydrogen-bond acceptors (Lipinski definition) is 6. The van der Waals surface area contributed by atoms with Crippen LogP contribution in [0.3, 0.4) is 0 Å². The summed E-state index contributed by atoms with van der Waals surface area (Å²) in [4.78, 5) is 44.3. The average Bonchev–Trinajstić information content (AvgIpc) is 3.69. The maximum Gasteiger partial charge on any atom is 0.421 e. The Morgan fingerprint density at radius 2 is 1.69 bits per heavy atom. The third-order valence-corrected chi connectivity index (χ3v) is 8.05. The van der Waals surface area contributed by atoms with Gasteiger partial charge in [-0.2, -0.15) is 0 Å². The van der Waals surface area contributed by atoms with Gasteiger partial charge in [0.05, 0.1) is 5.69 Å². The number of ether oxygens (including phenoxy) is 1. The van der Waals surface area contributed by atoms with E-state index < -0.39 is 11.7 Å². The molecule has 3 N–H and O–H groups in total. The fourth-order valence-corrected chi connectivity index (χ4v) is 5.47. The van der Waals surface area contributed by atoms with Gasteiger partial charge in [-0.1, -0.05) is 23.7 Å². The van der Waals surface area contributed by atoms with Gasteiger partial charge in [0.15, 0.2) is 0 Å². The molecule has 0 radical (unpaired) electrons. The van der Waals surface area contributed by atoms with E-state index in [1.54, 1.807) is 45.3 Å². The van der Waals surface area contributed by atoms with E-state index in [0.29, 0.717) is 30.1 Å². The van der Waals surface area contributed by atoms with E-state index in [-0.39, 0.29) is 41.5 Å². The molecule has 3 amide bonds. The van der Waals surface area contributed by atoms with Gasteiger partial charge in [-0.3, -0.25) is 14.6 Å². The van der Waals surface area contributed by atoms with Gasteiger partial charge < -0.3 is 15.8 Å². The van der Waals surface area contributed by atoms with Gasteiger partial charge in [-0.05, 0) is 95.0 Å². The molecule has 1 atom stereocenters. The minimum atomic E-state index is -0.735. The van der Waals surface area contributed by atoms with Crippen molar-refractivity contribution < 1.29 is 19.1 Å². The first-order valence-electron chi connectivity index (χ1n) is 13.7. The second kappa shape index (κ2) is 12.0. The lowest BCUT2D eigenvalue weighted by atomic mass is 9.77. The van der Waals surface area contributed by atoms with E-state index in [1.807, 2.05) is 24.3 Å². The summed E-state index contributed by atoms with van der Waals surface area (Å²) in [6.45, 7) is 5.90. The molecule has 9 heteroatoms. The summed E-state index contributed by atoms with van der Waals surface area (Å²) in [6.07, 6.45) is 7.37. The van der Waals surface area contributed by atoms with Gasteiger partial charge >= 0.3 is 6.09 Å². The Labute approximate surface area is 235 Å². The second-order valence-corrected chi connectivity index (χ2v) is 12.3. The zero-order valence-corrected chi connectivity index (χ0v) is 23.7. The van der Waals surface area contributed by atoms with Gasteiger partial charge in [-0.25, -0.2) is 9.69 Å². The minimum absolute atomic E-state index is 0.00239. The summed E-state index contributed by atoms with van der Waals surface area (Å²) in [5.74, 6) is -0.509. The summed E-state index contributed by atoms with van der Waals surface area (Å²) >= 11 is 6.02. The zero-order valence-electron chi connectivity index (χ0n) is 23.0. The number of rotatable bonds is 8. The van der Waals surface area contributed by atoms with E-state index >= 15 is 0 Å². The van der Waals surface area contributed by atoms with E-state index in [4.69, 9.17) is 22.1 Å². The predicted octanol–water partition coefficient (Wildman–Crippen LogP) is 5.37. The molecule has 2 aromatic rings. The molecule has 1 unspecified atom stereocenters. The highest BCUT2D eigenvalue weighted by Crippen LogP contribution is 2.47. The summed E-state index contributed by atoms with van der Waals surface area (Å²) in [5, 5.41) is 3.79. The summed E-state index contributed by atoms with van der Waals surface area (Å²) in [6, 6.07) is 10.8. The molecule has 2 fully saturated rings. The van der Waals surface area contributed by atoms with Crippen molar-refractivity contribution in [3.05, 3.63) is 59.4 Å². The molecule has 1 heterocycles. The number of carbonyl (C=O) groups is 3. The number of nitrogens with zero attached hydrogens (tertiary/aromatic N) is 2. The first kappa shape index (κ1) is 29.0. The Balaban J connectivity index is 1.28. The summed E-state index contributed by atoms with van der Waals surface area (Å²) in [5.41, 5.74) is 7.37. The number of nitrogens with two attached hydrogens (primary N) is 1. The van der Waals surface area contributed by atoms with Crippen LogP contribution in [0.4, 0.5) is 10.5 Å². The first-order valence-corrected chi connectivity index (χ1v) is 14.1. The standard InChI is InChI=1S/C30H39ClN4O4/c1-29(2,3)39-28(38)35(24-12-16-33-17-13-24)27(37)21-6-4-20(5-7-21)25(32)18-26(36)34-19-30(14-15-30)22-8-10-23(31)11-9-22/h8-13,16-17,20-21,25H,4-7,14-15,18-19,32H2,1-3H3,(H,34,36). The normalized spacial score (nSPS) is 20.9. The lowest BCUT2D eigenvalue weighted by molar-refractivity contribution is -0.124. The van der Waals surface area contributed by atoms with Gasteiger partial charge in [0.25, 0.3) is 0 Å². The molecule has 0 saturated heterocycles. The van der Waals surface area contributed by atoms with Crippen LogP contribution in [-0.4, -0.2) is 41.1 Å². The molecular weight excluding hydrogens is 516 g/mol. The van der Waals surface area contributed by atoms with Crippen LogP contribution < -0.4 is 16.0 Å². The van der Waals surface area contributed by atoms with Crippen LogP contribution in [0, 0.1) is 11.8 Å². The number of carbonyl (C=O) groups excluding carboxylic acids is 3. The SMILES string of the molecule is CC(C)(C)OC(=O)N(C(=O)C1CCC(C(N)CC(=O)NCC2(c3ccc(Cl)cc3)CC2)CC1)c1ccncc1. The van der Waals surface area contributed by atoms with Crippen molar-refractivity contribution in [3.8, 4) is 0 Å². The highest BCUT2D eigenvalue weighted by Gasteiger charge is 2.44. The second-order valence-electron chi connectivity index (χ2n) is 11.9. The van der Waals surface area contributed by atoms with Crippen molar-refractivity contribution in [1.82, 2.24) is 10.3 Å². The number of benzene rings is 1. The number of aromatic nitrogens is 1. The van der Waals surface area contributed by atoms with Gasteiger partial charge in [0.2, 0.25) is 11.8 Å². The van der Waals surface area contributed by atoms with Crippen LogP contribution in [0.1, 0.15) is 71.3 Å². The molecule has 0 aliphatic heterocycles. The maximum absolute atomic E-state index is 13.5. The van der Waals surface area contributed by atoms with Crippen LogP contribution >= 0.6 is 11.6 Å². The Morgan fingerprint density at radius 3 is 2.26 bits per heavy atom. The molecule has 210 valence electrons. The molecule has 1 aromatic carbocycles. The van der Waals surface area contributed by atoms with Crippen molar-refractivity contribution in [2.24, 2.45) is 17.6 Å². The number of nitrogens with one attached hydrogen (secondary N) is 1. The van der Waals surface area contributed by atoms with Crippen molar-refractivity contribution in [3.63, 3.8) is 0 Å². The van der Waals surface area contributed by atoms with E-state index in [1.165, 1.54) is 5.56 Å². The highest BCUT2D eigenvalue weighted by molar-refractivity contribution is 6.30. The summed E-state index contributed by atoms with van der Waals surface area (Å²) < 4.78 is 5.53. The third-order valence-electron chi connectivity index (χ3n) is 7.80. The Morgan fingerprint density at radius 1 is 1.08 bits per heavy atom. The number of pyridine rings is 1. The van der Waals surface area contributed by atoms with Gasteiger partial charge in [-0.15, -0.1) is 0 Å². The van der Waals surface area contributed by atoms with Gasteiger partial charge in [0, 0.05) is 47.8 Å². The molecule has 2 saturated carbocycles. The van der Waals surface area contributed by atoms with Crippen molar-refractivity contribution >= 4 is 35.2 Å². The fraction of sp³-hybridized carbons (Fsp3) is 0.533. The number of hydrogen-bond donors (Lipinski definition) is 2. The fourth-order valence-electron chi connectivity index (χ4n) is 5.34. The van der Waals surface area contributed by atoms with Crippen LogP contribution in [-0.2, 0) is 19.7 Å². The van der Waals surface area contributed by atoms with Crippen molar-refractivity contribution in [2.45, 2.75) is 82.8 Å². The van der Waals surface area contributed by atoms with Crippen LogP contribution in [0.25, 0.3) is 0 Å². The molecule has 2 aliphatic rings.